The normalized spacial score (nSPS) is 19.0. The molecule has 4 rings (SSSR count). The van der Waals surface area contributed by atoms with E-state index >= 15 is 0 Å². The second-order valence-corrected chi connectivity index (χ2v) is 8.50. The fraction of sp³-hybridized carbons (Fsp3) is 0.500. The number of hydrogen-bond acceptors (Lipinski definition) is 3. The summed E-state index contributed by atoms with van der Waals surface area (Å²) in [6, 6.07) is 14.8. The summed E-state index contributed by atoms with van der Waals surface area (Å²) < 4.78 is 0. The molecule has 2 saturated heterocycles. The minimum Gasteiger partial charge on any atom is -0.370 e. The van der Waals surface area contributed by atoms with Crippen LogP contribution in [0.2, 0.25) is 0 Å². The highest BCUT2D eigenvalue weighted by Crippen LogP contribution is 2.26. The molecule has 0 unspecified atom stereocenters. The summed E-state index contributed by atoms with van der Waals surface area (Å²) in [5.41, 5.74) is 3.16. The van der Waals surface area contributed by atoms with Gasteiger partial charge in [-0.05, 0) is 61.6 Å². The highest BCUT2D eigenvalue weighted by molar-refractivity contribution is 5.92. The van der Waals surface area contributed by atoms with Crippen LogP contribution in [-0.4, -0.2) is 42.0 Å². The van der Waals surface area contributed by atoms with Crippen molar-refractivity contribution in [3.05, 3.63) is 59.9 Å². The van der Waals surface area contributed by atoms with E-state index in [0.717, 1.165) is 56.5 Å². The Morgan fingerprint density at radius 1 is 0.964 bits per heavy atom. The Morgan fingerprint density at radius 2 is 1.68 bits per heavy atom. The number of carbonyl (C=O) groups excluding carboxylic acids is 1. The van der Waals surface area contributed by atoms with Crippen molar-refractivity contribution in [2.24, 2.45) is 11.8 Å². The smallest absolute Gasteiger partial charge is 0.272 e. The molecule has 1 aromatic carbocycles. The van der Waals surface area contributed by atoms with Crippen molar-refractivity contribution in [1.82, 2.24) is 9.88 Å². The lowest BCUT2D eigenvalue weighted by Gasteiger charge is -2.33. The van der Waals surface area contributed by atoms with Gasteiger partial charge in [0.1, 0.15) is 5.69 Å². The molecule has 0 saturated carbocycles. The monoisotopic (exact) mass is 377 g/mol. The van der Waals surface area contributed by atoms with Crippen molar-refractivity contribution in [3.8, 4) is 0 Å². The van der Waals surface area contributed by atoms with Crippen molar-refractivity contribution < 1.29 is 4.79 Å². The minimum absolute atomic E-state index is 0.0834. The summed E-state index contributed by atoms with van der Waals surface area (Å²) in [7, 11) is 0. The van der Waals surface area contributed by atoms with Crippen LogP contribution in [0, 0.1) is 11.8 Å². The third-order valence-electron chi connectivity index (χ3n) is 6.38. The molecular formula is C24H31N3O. The minimum atomic E-state index is 0.0834. The zero-order valence-corrected chi connectivity index (χ0v) is 16.9. The first-order valence-electron chi connectivity index (χ1n) is 10.7. The maximum absolute atomic E-state index is 12.7. The van der Waals surface area contributed by atoms with Crippen molar-refractivity contribution in [2.75, 3.05) is 31.1 Å². The summed E-state index contributed by atoms with van der Waals surface area (Å²) >= 11 is 0. The van der Waals surface area contributed by atoms with E-state index in [2.05, 4.69) is 53.2 Å². The number of aromatic nitrogens is 1. The predicted molar refractivity (Wildman–Crippen MR) is 114 cm³/mol. The Kier molecular flexibility index (Phi) is 5.94. The van der Waals surface area contributed by atoms with Gasteiger partial charge in [0.25, 0.3) is 5.91 Å². The van der Waals surface area contributed by atoms with Gasteiger partial charge in [-0.1, -0.05) is 37.3 Å². The molecule has 2 aromatic rings. The van der Waals surface area contributed by atoms with Crippen LogP contribution in [0.15, 0.2) is 48.7 Å². The van der Waals surface area contributed by atoms with Crippen molar-refractivity contribution >= 4 is 11.6 Å². The van der Waals surface area contributed by atoms with Gasteiger partial charge in [-0.2, -0.15) is 0 Å². The first kappa shape index (κ1) is 19.0. The molecule has 28 heavy (non-hydrogen) atoms. The van der Waals surface area contributed by atoms with Crippen molar-refractivity contribution in [2.45, 2.75) is 39.0 Å². The number of amides is 1. The van der Waals surface area contributed by atoms with Crippen molar-refractivity contribution in [3.63, 3.8) is 0 Å². The molecule has 4 nitrogen and oxygen atoms in total. The Bertz CT molecular complexity index is 758. The summed E-state index contributed by atoms with van der Waals surface area (Å²) in [6.45, 7) is 6.11. The van der Waals surface area contributed by atoms with E-state index in [1.807, 2.05) is 17.2 Å². The highest BCUT2D eigenvalue weighted by atomic mass is 16.2. The second kappa shape index (κ2) is 8.76. The molecule has 2 aliphatic heterocycles. The average molecular weight is 378 g/mol. The van der Waals surface area contributed by atoms with E-state index in [4.69, 9.17) is 0 Å². The van der Waals surface area contributed by atoms with Crippen LogP contribution in [0.25, 0.3) is 0 Å². The largest absolute Gasteiger partial charge is 0.370 e. The molecule has 1 amide bonds. The van der Waals surface area contributed by atoms with Crippen LogP contribution in [0.3, 0.4) is 0 Å². The highest BCUT2D eigenvalue weighted by Gasteiger charge is 2.23. The number of piperidine rings is 2. The van der Waals surface area contributed by atoms with Crippen LogP contribution in [0.5, 0.6) is 0 Å². The van der Waals surface area contributed by atoms with Gasteiger partial charge in [-0.15, -0.1) is 0 Å². The van der Waals surface area contributed by atoms with Crippen molar-refractivity contribution in [1.29, 1.82) is 0 Å². The van der Waals surface area contributed by atoms with Gasteiger partial charge in [0.2, 0.25) is 0 Å². The maximum Gasteiger partial charge on any atom is 0.272 e. The standard InChI is InChI=1S/C24H31N3O/c1-19-9-13-27(14-10-19)24(28)23-8-7-22(18-25-23)26-15-11-21(12-16-26)17-20-5-3-2-4-6-20/h2-8,18-19,21H,9-17H2,1H3. The van der Waals surface area contributed by atoms with E-state index in [-0.39, 0.29) is 5.91 Å². The molecule has 0 radical (unpaired) electrons. The molecule has 0 spiro atoms. The summed E-state index contributed by atoms with van der Waals surface area (Å²) in [5.74, 6) is 1.57. The van der Waals surface area contributed by atoms with Gasteiger partial charge in [0, 0.05) is 26.2 Å². The lowest BCUT2D eigenvalue weighted by atomic mass is 9.90. The molecular weight excluding hydrogens is 346 g/mol. The van der Waals surface area contributed by atoms with Crippen LogP contribution in [-0.2, 0) is 6.42 Å². The lowest BCUT2D eigenvalue weighted by Crippen LogP contribution is -2.38. The second-order valence-electron chi connectivity index (χ2n) is 8.50. The number of carbonyl (C=O) groups is 1. The van der Waals surface area contributed by atoms with Crippen LogP contribution < -0.4 is 4.90 Å². The van der Waals surface area contributed by atoms with E-state index in [9.17, 15) is 4.79 Å². The number of nitrogens with zero attached hydrogens (tertiary/aromatic N) is 3. The molecule has 0 bridgehead atoms. The first-order valence-corrected chi connectivity index (χ1v) is 10.7. The topological polar surface area (TPSA) is 36.4 Å². The average Bonchev–Trinajstić information content (AvgIpc) is 2.75. The van der Waals surface area contributed by atoms with Gasteiger partial charge in [0.15, 0.2) is 0 Å². The fourth-order valence-electron chi connectivity index (χ4n) is 4.42. The van der Waals surface area contributed by atoms with Gasteiger partial charge in [0.05, 0.1) is 11.9 Å². The van der Waals surface area contributed by atoms with Gasteiger partial charge in [-0.3, -0.25) is 4.79 Å². The quantitative estimate of drug-likeness (QED) is 0.792. The zero-order chi connectivity index (χ0) is 19.3. The number of benzene rings is 1. The fourth-order valence-corrected chi connectivity index (χ4v) is 4.42. The Morgan fingerprint density at radius 3 is 2.32 bits per heavy atom. The van der Waals surface area contributed by atoms with Crippen LogP contribution >= 0.6 is 0 Å². The number of anilines is 1. The molecule has 0 N–H and O–H groups in total. The van der Waals surface area contributed by atoms with Gasteiger partial charge in [-0.25, -0.2) is 4.98 Å². The summed E-state index contributed by atoms with van der Waals surface area (Å²) in [5, 5.41) is 0. The molecule has 3 heterocycles. The van der Waals surface area contributed by atoms with Crippen LogP contribution in [0.1, 0.15) is 48.7 Å². The number of hydrogen-bond donors (Lipinski definition) is 0. The van der Waals surface area contributed by atoms with Gasteiger partial charge < -0.3 is 9.80 Å². The van der Waals surface area contributed by atoms with E-state index in [0.29, 0.717) is 5.69 Å². The van der Waals surface area contributed by atoms with Crippen LogP contribution in [0.4, 0.5) is 5.69 Å². The zero-order valence-electron chi connectivity index (χ0n) is 16.9. The van der Waals surface area contributed by atoms with E-state index < -0.39 is 0 Å². The first-order chi connectivity index (χ1) is 13.7. The maximum atomic E-state index is 12.7. The summed E-state index contributed by atoms with van der Waals surface area (Å²) in [4.78, 5) is 21.5. The Balaban J connectivity index is 1.30. The third-order valence-corrected chi connectivity index (χ3v) is 6.38. The van der Waals surface area contributed by atoms with Gasteiger partial charge >= 0.3 is 0 Å². The Hall–Kier alpha value is -2.36. The molecule has 4 heteroatoms. The number of pyridine rings is 1. The molecule has 1 aromatic heterocycles. The van der Waals surface area contributed by atoms with E-state index in [1.165, 1.54) is 24.8 Å². The molecule has 2 fully saturated rings. The molecule has 148 valence electrons. The Labute approximate surface area is 168 Å². The lowest BCUT2D eigenvalue weighted by molar-refractivity contribution is 0.0691. The third kappa shape index (κ3) is 4.54. The van der Waals surface area contributed by atoms with E-state index in [1.54, 1.807) is 0 Å². The number of rotatable bonds is 4. The molecule has 0 atom stereocenters. The molecule has 0 aliphatic carbocycles. The summed E-state index contributed by atoms with van der Waals surface area (Å²) in [6.07, 6.45) is 7.68. The SMILES string of the molecule is CC1CCN(C(=O)c2ccc(N3CCC(Cc4ccccc4)CC3)cn2)CC1. The molecule has 2 aliphatic rings. The predicted octanol–water partition coefficient (Wildman–Crippen LogP) is 4.41. The number of likely N-dealkylation sites (tertiary alicyclic amines) is 1.